The Kier molecular flexibility index (Phi) is 4.10. The van der Waals surface area contributed by atoms with Crippen LogP contribution in [0, 0.1) is 0 Å². The van der Waals surface area contributed by atoms with E-state index >= 15 is 0 Å². The molecule has 0 bridgehead atoms. The van der Waals surface area contributed by atoms with Crippen molar-refractivity contribution in [2.24, 2.45) is 0 Å². The molecule has 0 amide bonds. The summed E-state index contributed by atoms with van der Waals surface area (Å²) in [6.07, 6.45) is 2.47. The summed E-state index contributed by atoms with van der Waals surface area (Å²) >= 11 is 1.52. The van der Waals surface area contributed by atoms with Crippen molar-refractivity contribution < 1.29 is 9.90 Å². The van der Waals surface area contributed by atoms with Gasteiger partial charge in [0.25, 0.3) is 0 Å². The predicted octanol–water partition coefficient (Wildman–Crippen LogP) is 3.38. The van der Waals surface area contributed by atoms with E-state index in [0.717, 1.165) is 28.3 Å². The molecular formula is C14H15NO2S. The summed E-state index contributed by atoms with van der Waals surface area (Å²) in [4.78, 5) is 16.2. The van der Waals surface area contributed by atoms with Crippen molar-refractivity contribution in [1.82, 2.24) is 4.98 Å². The van der Waals surface area contributed by atoms with Crippen LogP contribution in [-0.4, -0.2) is 16.1 Å². The third-order valence-electron chi connectivity index (χ3n) is 2.62. The average Bonchev–Trinajstić information content (AvgIpc) is 2.74. The second-order valence-electron chi connectivity index (χ2n) is 4.10. The molecule has 1 N–H and O–H groups in total. The lowest BCUT2D eigenvalue weighted by Crippen LogP contribution is -2.01. The Morgan fingerprint density at radius 3 is 2.67 bits per heavy atom. The number of benzene rings is 1. The standard InChI is InChI=1S/C14H15NO2S/c1-2-6-12-15-13(14(16)17)11(18-12)9-10-7-4-3-5-8-10/h3-5,7-8H,2,6,9H2,1H3,(H,16,17). The maximum absolute atomic E-state index is 11.2. The fourth-order valence-electron chi connectivity index (χ4n) is 1.79. The van der Waals surface area contributed by atoms with Crippen LogP contribution in [0.5, 0.6) is 0 Å². The van der Waals surface area contributed by atoms with Gasteiger partial charge in [0.1, 0.15) is 0 Å². The third kappa shape index (κ3) is 2.96. The van der Waals surface area contributed by atoms with E-state index in [2.05, 4.69) is 11.9 Å². The molecule has 0 spiro atoms. The molecule has 4 heteroatoms. The highest BCUT2D eigenvalue weighted by molar-refractivity contribution is 7.11. The molecule has 0 fully saturated rings. The minimum atomic E-state index is -0.931. The van der Waals surface area contributed by atoms with Gasteiger partial charge in [-0.05, 0) is 18.4 Å². The second-order valence-corrected chi connectivity index (χ2v) is 5.27. The minimum Gasteiger partial charge on any atom is -0.476 e. The molecular weight excluding hydrogens is 246 g/mol. The van der Waals surface area contributed by atoms with Crippen LogP contribution in [0.3, 0.4) is 0 Å². The van der Waals surface area contributed by atoms with Gasteiger partial charge in [0.05, 0.1) is 5.01 Å². The van der Waals surface area contributed by atoms with Crippen LogP contribution in [0.4, 0.5) is 0 Å². The minimum absolute atomic E-state index is 0.215. The first-order valence-corrected chi connectivity index (χ1v) is 6.78. The van der Waals surface area contributed by atoms with Crippen molar-refractivity contribution in [3.8, 4) is 0 Å². The van der Waals surface area contributed by atoms with E-state index in [9.17, 15) is 4.79 Å². The second kappa shape index (κ2) is 5.78. The van der Waals surface area contributed by atoms with E-state index in [1.807, 2.05) is 30.3 Å². The summed E-state index contributed by atoms with van der Waals surface area (Å²) < 4.78 is 0. The fraction of sp³-hybridized carbons (Fsp3) is 0.286. The van der Waals surface area contributed by atoms with Crippen LogP contribution in [0.25, 0.3) is 0 Å². The monoisotopic (exact) mass is 261 g/mol. The van der Waals surface area contributed by atoms with E-state index in [1.165, 1.54) is 11.3 Å². The Morgan fingerprint density at radius 2 is 2.06 bits per heavy atom. The molecule has 2 rings (SSSR count). The Balaban J connectivity index is 2.28. The van der Waals surface area contributed by atoms with Crippen molar-refractivity contribution in [1.29, 1.82) is 0 Å². The Hall–Kier alpha value is -1.68. The molecule has 1 aromatic carbocycles. The van der Waals surface area contributed by atoms with Gasteiger partial charge in [0, 0.05) is 11.3 Å². The first-order chi connectivity index (χ1) is 8.70. The first-order valence-electron chi connectivity index (χ1n) is 5.96. The molecule has 0 aliphatic carbocycles. The van der Waals surface area contributed by atoms with Crippen molar-refractivity contribution in [3.05, 3.63) is 51.5 Å². The number of rotatable bonds is 5. The molecule has 2 aromatic rings. The molecule has 0 unspecified atom stereocenters. The van der Waals surface area contributed by atoms with Crippen LogP contribution >= 0.6 is 11.3 Å². The number of carboxylic acid groups (broad SMARTS) is 1. The Bertz CT molecular complexity index is 534. The number of carbonyl (C=O) groups is 1. The van der Waals surface area contributed by atoms with E-state index in [-0.39, 0.29) is 5.69 Å². The lowest BCUT2D eigenvalue weighted by atomic mass is 10.1. The van der Waals surface area contributed by atoms with Crippen molar-refractivity contribution in [3.63, 3.8) is 0 Å². The number of aryl methyl sites for hydroxylation is 1. The fourth-order valence-corrected chi connectivity index (χ4v) is 2.99. The van der Waals surface area contributed by atoms with Gasteiger partial charge in [-0.1, -0.05) is 37.3 Å². The van der Waals surface area contributed by atoms with E-state index in [4.69, 9.17) is 5.11 Å². The summed E-state index contributed by atoms with van der Waals surface area (Å²) in [5, 5.41) is 10.1. The Morgan fingerprint density at radius 1 is 1.33 bits per heavy atom. The van der Waals surface area contributed by atoms with E-state index in [0.29, 0.717) is 6.42 Å². The predicted molar refractivity (Wildman–Crippen MR) is 72.3 cm³/mol. The quantitative estimate of drug-likeness (QED) is 0.897. The lowest BCUT2D eigenvalue weighted by Gasteiger charge is -1.98. The Labute approximate surface area is 110 Å². The van der Waals surface area contributed by atoms with Gasteiger partial charge < -0.3 is 5.11 Å². The number of hydrogen-bond donors (Lipinski definition) is 1. The maximum atomic E-state index is 11.2. The van der Waals surface area contributed by atoms with Crippen molar-refractivity contribution in [2.75, 3.05) is 0 Å². The molecule has 0 saturated heterocycles. The average molecular weight is 261 g/mol. The van der Waals surface area contributed by atoms with E-state index < -0.39 is 5.97 Å². The molecule has 0 radical (unpaired) electrons. The highest BCUT2D eigenvalue weighted by atomic mass is 32.1. The summed E-state index contributed by atoms with van der Waals surface area (Å²) in [5.41, 5.74) is 1.33. The lowest BCUT2D eigenvalue weighted by molar-refractivity contribution is 0.0690. The summed E-state index contributed by atoms with van der Waals surface area (Å²) in [5.74, 6) is -0.931. The molecule has 0 aliphatic heterocycles. The largest absolute Gasteiger partial charge is 0.476 e. The van der Waals surface area contributed by atoms with Gasteiger partial charge in [0.2, 0.25) is 0 Å². The van der Waals surface area contributed by atoms with Crippen molar-refractivity contribution >= 4 is 17.3 Å². The molecule has 0 atom stereocenters. The first kappa shape index (κ1) is 12.8. The van der Waals surface area contributed by atoms with Crippen LogP contribution in [0.15, 0.2) is 30.3 Å². The number of aromatic nitrogens is 1. The number of hydrogen-bond acceptors (Lipinski definition) is 3. The third-order valence-corrected chi connectivity index (χ3v) is 3.73. The van der Waals surface area contributed by atoms with Crippen LogP contribution in [0.2, 0.25) is 0 Å². The highest BCUT2D eigenvalue weighted by Gasteiger charge is 2.17. The van der Waals surface area contributed by atoms with Gasteiger partial charge in [0.15, 0.2) is 5.69 Å². The molecule has 0 saturated carbocycles. The summed E-state index contributed by atoms with van der Waals surface area (Å²) in [7, 11) is 0. The molecule has 1 heterocycles. The van der Waals surface area contributed by atoms with Gasteiger partial charge in [-0.25, -0.2) is 9.78 Å². The molecule has 18 heavy (non-hydrogen) atoms. The summed E-state index contributed by atoms with van der Waals surface area (Å²) in [6.45, 7) is 2.07. The number of aromatic carboxylic acids is 1. The van der Waals surface area contributed by atoms with Crippen molar-refractivity contribution in [2.45, 2.75) is 26.2 Å². The van der Waals surface area contributed by atoms with Gasteiger partial charge >= 0.3 is 5.97 Å². The smallest absolute Gasteiger partial charge is 0.355 e. The molecule has 3 nitrogen and oxygen atoms in total. The molecule has 0 aliphatic rings. The number of nitrogens with zero attached hydrogens (tertiary/aromatic N) is 1. The topological polar surface area (TPSA) is 50.2 Å². The van der Waals surface area contributed by atoms with Gasteiger partial charge in [-0.2, -0.15) is 0 Å². The molecule has 94 valence electrons. The SMILES string of the molecule is CCCc1nc(C(=O)O)c(Cc2ccccc2)s1. The van der Waals surface area contributed by atoms with Crippen LogP contribution < -0.4 is 0 Å². The van der Waals surface area contributed by atoms with Gasteiger partial charge in [-0.15, -0.1) is 11.3 Å². The number of carboxylic acids is 1. The van der Waals surface area contributed by atoms with Crippen LogP contribution in [-0.2, 0) is 12.8 Å². The zero-order valence-corrected chi connectivity index (χ0v) is 11.0. The normalized spacial score (nSPS) is 10.5. The zero-order chi connectivity index (χ0) is 13.0. The maximum Gasteiger partial charge on any atom is 0.355 e. The van der Waals surface area contributed by atoms with Gasteiger partial charge in [-0.3, -0.25) is 0 Å². The zero-order valence-electron chi connectivity index (χ0n) is 10.2. The summed E-state index contributed by atoms with van der Waals surface area (Å²) in [6, 6.07) is 9.89. The number of thiazole rings is 1. The molecule has 1 aromatic heterocycles. The van der Waals surface area contributed by atoms with E-state index in [1.54, 1.807) is 0 Å². The highest BCUT2D eigenvalue weighted by Crippen LogP contribution is 2.23. The van der Waals surface area contributed by atoms with Crippen LogP contribution in [0.1, 0.15) is 39.3 Å².